The minimum Gasteiger partial charge on any atom is -0.489 e. The number of benzene rings is 2. The van der Waals surface area contributed by atoms with E-state index in [0.29, 0.717) is 26.8 Å². The van der Waals surface area contributed by atoms with Gasteiger partial charge in [0.2, 0.25) is 5.12 Å². The predicted molar refractivity (Wildman–Crippen MR) is 108 cm³/mol. The highest BCUT2D eigenvalue weighted by Crippen LogP contribution is 2.36. The summed E-state index contributed by atoms with van der Waals surface area (Å²) in [6.07, 6.45) is 1.64. The summed E-state index contributed by atoms with van der Waals surface area (Å²) in [5, 5.41) is 0.612. The van der Waals surface area contributed by atoms with E-state index in [1.165, 1.54) is 11.8 Å². The second-order valence-corrected chi connectivity index (χ2v) is 7.35. The molecule has 1 aliphatic rings. The van der Waals surface area contributed by atoms with Gasteiger partial charge < -0.3 is 4.74 Å². The number of hydrogen-bond acceptors (Lipinski definition) is 4. The SMILES string of the molecule is C=C/C(COc1ccc(Cl)c(C)c1)=C1/C(=O)Sc2ccccc2C1=S. The molecule has 0 N–H and O–H groups in total. The van der Waals surface area contributed by atoms with E-state index < -0.39 is 0 Å². The highest BCUT2D eigenvalue weighted by atomic mass is 35.5. The van der Waals surface area contributed by atoms with Crippen LogP contribution in [0.5, 0.6) is 5.75 Å². The van der Waals surface area contributed by atoms with E-state index in [2.05, 4.69) is 6.58 Å². The van der Waals surface area contributed by atoms with E-state index in [1.807, 2.05) is 37.3 Å². The third-order valence-electron chi connectivity index (χ3n) is 3.86. The lowest BCUT2D eigenvalue weighted by atomic mass is 10.00. The molecule has 1 aliphatic heterocycles. The Morgan fingerprint density at radius 3 is 2.80 bits per heavy atom. The molecule has 0 amide bonds. The van der Waals surface area contributed by atoms with Gasteiger partial charge in [-0.2, -0.15) is 0 Å². The Kier molecular flexibility index (Phi) is 5.42. The summed E-state index contributed by atoms with van der Waals surface area (Å²) in [6.45, 7) is 5.95. The Morgan fingerprint density at radius 2 is 2.08 bits per heavy atom. The van der Waals surface area contributed by atoms with Crippen molar-refractivity contribution in [2.24, 2.45) is 0 Å². The molecule has 0 unspecified atom stereocenters. The number of aryl methyl sites for hydroxylation is 1. The van der Waals surface area contributed by atoms with Crippen molar-refractivity contribution in [3.63, 3.8) is 0 Å². The van der Waals surface area contributed by atoms with E-state index in [-0.39, 0.29) is 11.7 Å². The number of ether oxygens (including phenoxy) is 1. The Morgan fingerprint density at radius 1 is 1.32 bits per heavy atom. The number of thioether (sulfide) groups is 1. The van der Waals surface area contributed by atoms with Crippen molar-refractivity contribution >= 4 is 45.6 Å². The Hall–Kier alpha value is -1.88. The van der Waals surface area contributed by atoms with Crippen LogP contribution < -0.4 is 4.74 Å². The Balaban J connectivity index is 1.90. The molecule has 3 rings (SSSR count). The first-order valence-corrected chi connectivity index (χ1v) is 9.22. The second-order valence-electron chi connectivity index (χ2n) is 5.52. The van der Waals surface area contributed by atoms with Crippen molar-refractivity contribution < 1.29 is 9.53 Å². The number of halogens is 1. The second kappa shape index (κ2) is 7.56. The van der Waals surface area contributed by atoms with Crippen LogP contribution in [-0.4, -0.2) is 16.6 Å². The maximum Gasteiger partial charge on any atom is 0.226 e. The molecule has 25 heavy (non-hydrogen) atoms. The average molecular weight is 387 g/mol. The highest BCUT2D eigenvalue weighted by Gasteiger charge is 2.28. The summed E-state index contributed by atoms with van der Waals surface area (Å²) in [6, 6.07) is 13.1. The van der Waals surface area contributed by atoms with Gasteiger partial charge >= 0.3 is 0 Å². The fourth-order valence-electron chi connectivity index (χ4n) is 2.50. The van der Waals surface area contributed by atoms with Crippen LogP contribution in [0.3, 0.4) is 0 Å². The van der Waals surface area contributed by atoms with Gasteiger partial charge in [-0.15, -0.1) is 0 Å². The van der Waals surface area contributed by atoms with Gasteiger partial charge in [-0.1, -0.05) is 54.7 Å². The predicted octanol–water partition coefficient (Wildman–Crippen LogP) is 5.56. The van der Waals surface area contributed by atoms with Crippen molar-refractivity contribution in [1.29, 1.82) is 0 Å². The first-order valence-electron chi connectivity index (χ1n) is 7.61. The molecule has 5 heteroatoms. The van der Waals surface area contributed by atoms with Gasteiger partial charge in [0, 0.05) is 21.1 Å². The van der Waals surface area contributed by atoms with Gasteiger partial charge in [0.25, 0.3) is 0 Å². The van der Waals surface area contributed by atoms with Gasteiger partial charge in [0.1, 0.15) is 12.4 Å². The molecule has 0 aromatic heterocycles. The molecule has 0 bridgehead atoms. The Bertz CT molecular complexity index is 916. The van der Waals surface area contributed by atoms with Gasteiger partial charge in [-0.25, -0.2) is 0 Å². The molecule has 0 aliphatic carbocycles. The van der Waals surface area contributed by atoms with Crippen molar-refractivity contribution in [2.45, 2.75) is 11.8 Å². The van der Waals surface area contributed by atoms with Crippen molar-refractivity contribution in [3.05, 3.63) is 82.4 Å². The maximum absolute atomic E-state index is 12.6. The number of fused-ring (bicyclic) bond motifs is 1. The molecule has 0 radical (unpaired) electrons. The first kappa shape index (κ1) is 17.9. The van der Waals surface area contributed by atoms with Crippen molar-refractivity contribution in [3.8, 4) is 5.75 Å². The lowest BCUT2D eigenvalue weighted by molar-refractivity contribution is -0.107. The zero-order chi connectivity index (χ0) is 18.0. The number of rotatable bonds is 4. The lowest BCUT2D eigenvalue weighted by Gasteiger charge is -2.20. The van der Waals surface area contributed by atoms with Crippen LogP contribution in [0, 0.1) is 6.92 Å². The Labute approximate surface area is 161 Å². The highest BCUT2D eigenvalue weighted by molar-refractivity contribution is 8.14. The van der Waals surface area contributed by atoms with E-state index in [4.69, 9.17) is 28.6 Å². The van der Waals surface area contributed by atoms with E-state index in [9.17, 15) is 4.79 Å². The molecule has 2 aromatic rings. The zero-order valence-corrected chi connectivity index (χ0v) is 15.9. The topological polar surface area (TPSA) is 26.3 Å². The summed E-state index contributed by atoms with van der Waals surface area (Å²) >= 11 is 12.8. The molecular weight excluding hydrogens is 372 g/mol. The van der Waals surface area contributed by atoms with Crippen molar-refractivity contribution in [1.82, 2.24) is 0 Å². The number of hydrogen-bond donors (Lipinski definition) is 0. The largest absolute Gasteiger partial charge is 0.489 e. The normalized spacial score (nSPS) is 15.6. The molecule has 2 nitrogen and oxygen atoms in total. The van der Waals surface area contributed by atoms with Crippen LogP contribution >= 0.6 is 35.6 Å². The fraction of sp³-hybridized carbons (Fsp3) is 0.100. The molecule has 0 spiro atoms. The van der Waals surface area contributed by atoms with E-state index in [1.54, 1.807) is 18.2 Å². The fourth-order valence-corrected chi connectivity index (χ4v) is 4.11. The number of thiocarbonyl (C=S) groups is 1. The molecule has 0 atom stereocenters. The first-order chi connectivity index (χ1) is 12.0. The molecule has 0 saturated heterocycles. The number of carbonyl (C=O) groups excluding carboxylic acids is 1. The van der Waals surface area contributed by atoms with E-state index >= 15 is 0 Å². The van der Waals surface area contributed by atoms with Gasteiger partial charge in [-0.3, -0.25) is 4.79 Å². The lowest BCUT2D eigenvalue weighted by Crippen LogP contribution is -2.20. The van der Waals surface area contributed by atoms with Gasteiger partial charge in [-0.05, 0) is 48.5 Å². The van der Waals surface area contributed by atoms with Crippen molar-refractivity contribution in [2.75, 3.05) is 6.61 Å². The van der Waals surface area contributed by atoms with E-state index in [0.717, 1.165) is 16.0 Å². The van der Waals surface area contributed by atoms with Crippen LogP contribution in [-0.2, 0) is 4.79 Å². The quantitative estimate of drug-likeness (QED) is 0.507. The number of carbonyl (C=O) groups is 1. The van der Waals surface area contributed by atoms with Crippen LogP contribution in [0.1, 0.15) is 11.1 Å². The minimum absolute atomic E-state index is 0.0745. The molecule has 0 saturated carbocycles. The monoisotopic (exact) mass is 386 g/mol. The molecule has 1 heterocycles. The molecule has 0 fully saturated rings. The van der Waals surface area contributed by atoms with Crippen LogP contribution in [0.4, 0.5) is 0 Å². The van der Waals surface area contributed by atoms with Gasteiger partial charge in [0.05, 0.1) is 10.4 Å². The van der Waals surface area contributed by atoms with Crippen LogP contribution in [0.2, 0.25) is 5.02 Å². The van der Waals surface area contributed by atoms with Gasteiger partial charge in [0.15, 0.2) is 0 Å². The standard InChI is InChI=1S/C20H15ClO2S2/c1-3-13(11-23-14-8-9-16(21)12(2)10-14)18-19(24)15-6-4-5-7-17(15)25-20(18)22/h3-10H,1,11H2,2H3/b18-13-. The summed E-state index contributed by atoms with van der Waals surface area (Å²) in [5.41, 5.74) is 3.02. The molecule has 2 aromatic carbocycles. The maximum atomic E-state index is 12.6. The average Bonchev–Trinajstić information content (AvgIpc) is 2.60. The third-order valence-corrected chi connectivity index (χ3v) is 5.67. The summed E-state index contributed by atoms with van der Waals surface area (Å²) in [4.78, 5) is 14.0. The van der Waals surface area contributed by atoms with Crippen LogP contribution in [0.15, 0.2) is 71.2 Å². The summed E-state index contributed by atoms with van der Waals surface area (Å²) in [5.74, 6) is 0.684. The zero-order valence-electron chi connectivity index (χ0n) is 13.5. The minimum atomic E-state index is -0.0745. The van der Waals surface area contributed by atoms with Crippen LogP contribution in [0.25, 0.3) is 0 Å². The smallest absolute Gasteiger partial charge is 0.226 e. The summed E-state index contributed by atoms with van der Waals surface area (Å²) in [7, 11) is 0. The summed E-state index contributed by atoms with van der Waals surface area (Å²) < 4.78 is 5.82. The molecule has 126 valence electrons. The third kappa shape index (κ3) is 3.71. The molecular formula is C20H15ClO2S2.